The van der Waals surface area contributed by atoms with Gasteiger partial charge in [0.2, 0.25) is 0 Å². The number of benzene rings is 8. The van der Waals surface area contributed by atoms with Gasteiger partial charge in [-0.2, -0.15) is 0 Å². The number of hydrogen-bond acceptors (Lipinski definition) is 4. The first kappa shape index (κ1) is 30.2. The van der Waals surface area contributed by atoms with Crippen molar-refractivity contribution in [3.05, 3.63) is 194 Å². The van der Waals surface area contributed by atoms with Gasteiger partial charge in [-0.25, -0.2) is 0 Å². The molecule has 2 heterocycles. The molecule has 0 bridgehead atoms. The number of anilines is 6. The van der Waals surface area contributed by atoms with E-state index in [9.17, 15) is 0 Å². The Labute approximate surface area is 305 Å². The third-order valence-electron chi connectivity index (χ3n) is 9.83. The molecule has 10 rings (SSSR count). The molecule has 0 N–H and O–H groups in total. The van der Waals surface area contributed by atoms with Gasteiger partial charge in [0.05, 0.1) is 5.69 Å². The lowest BCUT2D eigenvalue weighted by Crippen LogP contribution is -2.11. The van der Waals surface area contributed by atoms with E-state index in [1.807, 2.05) is 23.5 Å². The van der Waals surface area contributed by atoms with E-state index in [-0.39, 0.29) is 0 Å². The Morgan fingerprint density at radius 2 is 0.923 bits per heavy atom. The molecular formula is C48H32N2OS. The lowest BCUT2D eigenvalue weighted by Gasteiger charge is -2.28. The van der Waals surface area contributed by atoms with Crippen molar-refractivity contribution in [1.82, 2.24) is 0 Å². The summed E-state index contributed by atoms with van der Waals surface area (Å²) >= 11 is 1.84. The molecule has 0 unspecified atom stereocenters. The van der Waals surface area contributed by atoms with Gasteiger partial charge in [0, 0.05) is 64.9 Å². The van der Waals surface area contributed by atoms with Crippen molar-refractivity contribution in [2.24, 2.45) is 0 Å². The average Bonchev–Trinajstić information content (AvgIpc) is 3.77. The lowest BCUT2D eigenvalue weighted by molar-refractivity contribution is 0.669. The summed E-state index contributed by atoms with van der Waals surface area (Å²) in [6, 6.07) is 69.2. The maximum atomic E-state index is 6.25. The molecule has 4 heteroatoms. The van der Waals surface area contributed by atoms with E-state index in [1.54, 1.807) is 0 Å². The van der Waals surface area contributed by atoms with Crippen LogP contribution in [-0.4, -0.2) is 0 Å². The van der Waals surface area contributed by atoms with E-state index in [4.69, 9.17) is 4.42 Å². The summed E-state index contributed by atoms with van der Waals surface area (Å²) in [5, 5.41) is 4.71. The zero-order valence-corrected chi connectivity index (χ0v) is 29.0. The summed E-state index contributed by atoms with van der Waals surface area (Å²) in [6.07, 6.45) is 0. The predicted molar refractivity (Wildman–Crippen MR) is 221 cm³/mol. The van der Waals surface area contributed by atoms with E-state index in [0.717, 1.165) is 56.1 Å². The molecule has 0 saturated carbocycles. The van der Waals surface area contributed by atoms with Gasteiger partial charge in [0.15, 0.2) is 0 Å². The topological polar surface area (TPSA) is 19.6 Å². The SMILES string of the molecule is c1ccc(-c2ccccc2N(c2ccc3oc4ccccc4c3c2)c2ccc3sc4cc(N(c5ccccc5)c5ccccc5)ccc4c3c2)cc1. The predicted octanol–water partition coefficient (Wildman–Crippen LogP) is 14.6. The summed E-state index contributed by atoms with van der Waals surface area (Å²) < 4.78 is 8.76. The van der Waals surface area contributed by atoms with Crippen LogP contribution in [0.25, 0.3) is 53.2 Å². The quantitative estimate of drug-likeness (QED) is 0.167. The Kier molecular flexibility index (Phi) is 7.33. The maximum absolute atomic E-state index is 6.25. The molecular weight excluding hydrogens is 653 g/mol. The first-order valence-electron chi connectivity index (χ1n) is 17.5. The minimum atomic E-state index is 0.886. The van der Waals surface area contributed by atoms with Crippen molar-refractivity contribution < 1.29 is 4.42 Å². The molecule has 0 spiro atoms. The van der Waals surface area contributed by atoms with Crippen LogP contribution in [0.15, 0.2) is 199 Å². The fourth-order valence-corrected chi connectivity index (χ4v) is 8.56. The van der Waals surface area contributed by atoms with Crippen molar-refractivity contribution in [3.63, 3.8) is 0 Å². The van der Waals surface area contributed by atoms with Crippen molar-refractivity contribution in [2.45, 2.75) is 0 Å². The molecule has 0 atom stereocenters. The molecule has 8 aromatic carbocycles. The summed E-state index contributed by atoms with van der Waals surface area (Å²) in [4.78, 5) is 4.72. The first-order chi connectivity index (χ1) is 25.8. The summed E-state index contributed by atoms with van der Waals surface area (Å²) in [5.74, 6) is 0. The van der Waals surface area contributed by atoms with Crippen molar-refractivity contribution in [1.29, 1.82) is 0 Å². The van der Waals surface area contributed by atoms with Gasteiger partial charge in [-0.05, 0) is 90.5 Å². The van der Waals surface area contributed by atoms with Crippen molar-refractivity contribution in [3.8, 4) is 11.1 Å². The highest BCUT2D eigenvalue weighted by atomic mass is 32.1. The van der Waals surface area contributed by atoms with Gasteiger partial charge < -0.3 is 14.2 Å². The molecule has 0 aliphatic rings. The van der Waals surface area contributed by atoms with Gasteiger partial charge in [-0.15, -0.1) is 11.3 Å². The molecule has 0 amide bonds. The number of nitrogens with zero attached hydrogens (tertiary/aromatic N) is 2. The fraction of sp³-hybridized carbons (Fsp3) is 0. The molecule has 0 aliphatic heterocycles. The number of para-hydroxylation sites is 4. The Morgan fingerprint density at radius 1 is 0.346 bits per heavy atom. The molecule has 0 saturated heterocycles. The van der Waals surface area contributed by atoms with Gasteiger partial charge in [-0.1, -0.05) is 109 Å². The Balaban J connectivity index is 1.15. The molecule has 10 aromatic rings. The third kappa shape index (κ3) is 5.20. The van der Waals surface area contributed by atoms with Crippen LogP contribution in [0.5, 0.6) is 0 Å². The van der Waals surface area contributed by atoms with Crippen LogP contribution in [0.3, 0.4) is 0 Å². The minimum Gasteiger partial charge on any atom is -0.456 e. The molecule has 2 aromatic heterocycles. The number of furan rings is 1. The van der Waals surface area contributed by atoms with Crippen molar-refractivity contribution in [2.75, 3.05) is 9.80 Å². The van der Waals surface area contributed by atoms with Gasteiger partial charge in [0.1, 0.15) is 11.2 Å². The lowest BCUT2D eigenvalue weighted by atomic mass is 10.0. The van der Waals surface area contributed by atoms with Gasteiger partial charge in [-0.3, -0.25) is 0 Å². The number of rotatable bonds is 7. The van der Waals surface area contributed by atoms with E-state index < -0.39 is 0 Å². The van der Waals surface area contributed by atoms with Crippen LogP contribution in [0.2, 0.25) is 0 Å². The van der Waals surface area contributed by atoms with Crippen LogP contribution >= 0.6 is 11.3 Å². The van der Waals surface area contributed by atoms with E-state index in [1.165, 1.54) is 31.3 Å². The zero-order chi connectivity index (χ0) is 34.4. The Hall–Kier alpha value is -6.62. The Morgan fingerprint density at radius 3 is 1.69 bits per heavy atom. The second-order valence-corrected chi connectivity index (χ2v) is 14.1. The second-order valence-electron chi connectivity index (χ2n) is 13.0. The second kappa shape index (κ2) is 12.6. The molecule has 0 aliphatic carbocycles. The minimum absolute atomic E-state index is 0.886. The third-order valence-corrected chi connectivity index (χ3v) is 11.0. The maximum Gasteiger partial charge on any atom is 0.135 e. The zero-order valence-electron chi connectivity index (χ0n) is 28.2. The summed E-state index contributed by atoms with van der Waals surface area (Å²) in [7, 11) is 0. The largest absolute Gasteiger partial charge is 0.456 e. The van der Waals surface area contributed by atoms with Crippen LogP contribution in [0.4, 0.5) is 34.1 Å². The first-order valence-corrected chi connectivity index (χ1v) is 18.3. The highest BCUT2D eigenvalue weighted by molar-refractivity contribution is 7.25. The summed E-state index contributed by atoms with van der Waals surface area (Å²) in [5.41, 5.74) is 10.8. The smallest absolute Gasteiger partial charge is 0.135 e. The molecule has 246 valence electrons. The van der Waals surface area contributed by atoms with E-state index in [2.05, 4.69) is 192 Å². The molecule has 0 fully saturated rings. The van der Waals surface area contributed by atoms with E-state index in [0.29, 0.717) is 0 Å². The monoisotopic (exact) mass is 684 g/mol. The number of hydrogen-bond donors (Lipinski definition) is 0. The van der Waals surface area contributed by atoms with Crippen LogP contribution in [-0.2, 0) is 0 Å². The standard InChI is InChI=1S/C48H32N2OS/c1-4-14-33(15-5-1)39-20-10-12-22-44(39)50(36-25-28-46-42(30-36)40-21-11-13-23-45(40)51-46)37-26-29-47-43(31-37)41-27-24-38(32-48(41)52-47)49(34-16-6-2-7-17-34)35-18-8-3-9-19-35/h1-32H. The number of fused-ring (bicyclic) bond motifs is 6. The van der Waals surface area contributed by atoms with Crippen LogP contribution in [0, 0.1) is 0 Å². The van der Waals surface area contributed by atoms with Gasteiger partial charge in [0.25, 0.3) is 0 Å². The normalized spacial score (nSPS) is 11.5. The molecule has 0 radical (unpaired) electrons. The van der Waals surface area contributed by atoms with Crippen LogP contribution < -0.4 is 9.80 Å². The average molecular weight is 685 g/mol. The van der Waals surface area contributed by atoms with Gasteiger partial charge >= 0.3 is 0 Å². The highest BCUT2D eigenvalue weighted by Gasteiger charge is 2.21. The van der Waals surface area contributed by atoms with Crippen molar-refractivity contribution >= 4 is 87.6 Å². The van der Waals surface area contributed by atoms with Crippen LogP contribution in [0.1, 0.15) is 0 Å². The summed E-state index contributed by atoms with van der Waals surface area (Å²) in [6.45, 7) is 0. The van der Waals surface area contributed by atoms with E-state index >= 15 is 0 Å². The molecule has 52 heavy (non-hydrogen) atoms. The highest BCUT2D eigenvalue weighted by Crippen LogP contribution is 2.46. The molecule has 3 nitrogen and oxygen atoms in total. The Bertz CT molecular complexity index is 2820. The number of thiophene rings is 1. The fourth-order valence-electron chi connectivity index (χ4n) is 7.44.